The summed E-state index contributed by atoms with van der Waals surface area (Å²) in [6.45, 7) is 4.02. The zero-order valence-corrected chi connectivity index (χ0v) is 16.2. The number of piperazine rings is 1. The van der Waals surface area contributed by atoms with Gasteiger partial charge in [0.1, 0.15) is 0 Å². The number of hydrogen-bond donors (Lipinski definition) is 2. The molecule has 148 valence electrons. The second kappa shape index (κ2) is 9.74. The second-order valence-corrected chi connectivity index (χ2v) is 7.59. The van der Waals surface area contributed by atoms with Gasteiger partial charge in [0.2, 0.25) is 0 Å². The van der Waals surface area contributed by atoms with Gasteiger partial charge in [-0.05, 0) is 62.3 Å². The molecule has 27 heavy (non-hydrogen) atoms. The number of carbonyl (C=O) groups is 2. The normalized spacial score (nSPS) is 22.9. The Morgan fingerprint density at radius 2 is 1.78 bits per heavy atom. The minimum Gasteiger partial charge on any atom is -0.469 e. The second-order valence-electron chi connectivity index (χ2n) is 7.59. The highest BCUT2D eigenvalue weighted by Gasteiger charge is 2.23. The summed E-state index contributed by atoms with van der Waals surface area (Å²) < 4.78 is 4.71. The average molecular weight is 373 g/mol. The zero-order chi connectivity index (χ0) is 19.1. The molecule has 0 atom stereocenters. The van der Waals surface area contributed by atoms with E-state index >= 15 is 0 Å². The van der Waals surface area contributed by atoms with Gasteiger partial charge in [0.15, 0.2) is 0 Å². The lowest BCUT2D eigenvalue weighted by Gasteiger charge is -2.30. The molecule has 6 nitrogen and oxygen atoms in total. The van der Waals surface area contributed by atoms with Gasteiger partial charge < -0.3 is 20.3 Å². The van der Waals surface area contributed by atoms with E-state index in [1.165, 1.54) is 12.8 Å². The molecule has 2 N–H and O–H groups in total. The van der Waals surface area contributed by atoms with E-state index in [0.717, 1.165) is 63.8 Å². The summed E-state index contributed by atoms with van der Waals surface area (Å²) in [6, 6.07) is 8.18. The van der Waals surface area contributed by atoms with Crippen LogP contribution in [0.5, 0.6) is 0 Å². The highest BCUT2D eigenvalue weighted by molar-refractivity contribution is 5.94. The highest BCUT2D eigenvalue weighted by atomic mass is 16.5. The van der Waals surface area contributed by atoms with Crippen molar-refractivity contribution in [3.05, 3.63) is 29.8 Å². The number of methoxy groups -OCH3 is 1. The zero-order valence-electron chi connectivity index (χ0n) is 16.2. The van der Waals surface area contributed by atoms with Gasteiger partial charge in [0.05, 0.1) is 7.11 Å². The standard InChI is InChI=1S/C21H31N3O3/c1-27-20(25)11-4-16-2-7-18(8-3-16)23-21(26)17-5-9-19(10-6-17)24-14-12-22-13-15-24/h5-6,9-10,16,18,22H,2-4,7-8,11-15H2,1H3,(H,23,26). The first kappa shape index (κ1) is 19.7. The lowest BCUT2D eigenvalue weighted by atomic mass is 9.83. The van der Waals surface area contributed by atoms with Crippen molar-refractivity contribution in [2.24, 2.45) is 5.92 Å². The number of rotatable bonds is 6. The third-order valence-corrected chi connectivity index (χ3v) is 5.78. The van der Waals surface area contributed by atoms with Gasteiger partial charge in [-0.15, -0.1) is 0 Å². The van der Waals surface area contributed by atoms with E-state index in [2.05, 4.69) is 15.5 Å². The molecule has 1 heterocycles. The largest absolute Gasteiger partial charge is 0.469 e. The van der Waals surface area contributed by atoms with E-state index in [1.807, 2.05) is 24.3 Å². The van der Waals surface area contributed by atoms with Crippen molar-refractivity contribution in [1.29, 1.82) is 0 Å². The molecule has 1 aromatic carbocycles. The predicted molar refractivity (Wildman–Crippen MR) is 106 cm³/mol. The molecule has 1 saturated heterocycles. The number of anilines is 1. The quantitative estimate of drug-likeness (QED) is 0.749. The molecule has 1 saturated carbocycles. The van der Waals surface area contributed by atoms with Crippen molar-refractivity contribution in [3.63, 3.8) is 0 Å². The van der Waals surface area contributed by atoms with E-state index < -0.39 is 0 Å². The van der Waals surface area contributed by atoms with E-state index in [4.69, 9.17) is 4.74 Å². The first-order chi connectivity index (χ1) is 13.2. The Hall–Kier alpha value is -2.08. The van der Waals surface area contributed by atoms with E-state index in [0.29, 0.717) is 12.3 Å². The summed E-state index contributed by atoms with van der Waals surface area (Å²) >= 11 is 0. The third-order valence-electron chi connectivity index (χ3n) is 5.78. The Morgan fingerprint density at radius 1 is 1.11 bits per heavy atom. The molecule has 6 heteroatoms. The van der Waals surface area contributed by atoms with Crippen LogP contribution in [0.1, 0.15) is 48.9 Å². The first-order valence-electron chi connectivity index (χ1n) is 10.1. The number of nitrogens with zero attached hydrogens (tertiary/aromatic N) is 1. The Bertz CT molecular complexity index is 618. The Morgan fingerprint density at radius 3 is 2.41 bits per heavy atom. The summed E-state index contributed by atoms with van der Waals surface area (Å²) in [5.41, 5.74) is 1.90. The summed E-state index contributed by atoms with van der Waals surface area (Å²) in [5, 5.41) is 6.53. The molecular formula is C21H31N3O3. The van der Waals surface area contributed by atoms with Crippen molar-refractivity contribution in [1.82, 2.24) is 10.6 Å². The van der Waals surface area contributed by atoms with Crippen LogP contribution < -0.4 is 15.5 Å². The van der Waals surface area contributed by atoms with Crippen LogP contribution in [0.2, 0.25) is 0 Å². The SMILES string of the molecule is COC(=O)CCC1CCC(NC(=O)c2ccc(N3CCNCC3)cc2)CC1. The molecule has 0 aromatic heterocycles. The number of esters is 1. The van der Waals surface area contributed by atoms with Crippen LogP contribution in [0.4, 0.5) is 5.69 Å². The molecule has 0 radical (unpaired) electrons. The van der Waals surface area contributed by atoms with Crippen LogP contribution in [-0.2, 0) is 9.53 Å². The van der Waals surface area contributed by atoms with Crippen LogP contribution in [0.15, 0.2) is 24.3 Å². The molecule has 2 aliphatic rings. The average Bonchev–Trinajstić information content (AvgIpc) is 2.73. The number of amides is 1. The lowest BCUT2D eigenvalue weighted by Crippen LogP contribution is -2.43. The Kier molecular flexibility index (Phi) is 7.10. The molecule has 3 rings (SSSR count). The number of hydrogen-bond acceptors (Lipinski definition) is 5. The maximum Gasteiger partial charge on any atom is 0.305 e. The van der Waals surface area contributed by atoms with Crippen molar-refractivity contribution in [2.75, 3.05) is 38.2 Å². The van der Waals surface area contributed by atoms with Crippen LogP contribution in [0.25, 0.3) is 0 Å². The first-order valence-corrected chi connectivity index (χ1v) is 10.1. The number of benzene rings is 1. The number of nitrogens with one attached hydrogen (secondary N) is 2. The van der Waals surface area contributed by atoms with Gasteiger partial charge in [0.25, 0.3) is 5.91 Å². The van der Waals surface area contributed by atoms with Crippen LogP contribution in [0.3, 0.4) is 0 Å². The molecule has 0 bridgehead atoms. The highest BCUT2D eigenvalue weighted by Crippen LogP contribution is 2.28. The lowest BCUT2D eigenvalue weighted by molar-refractivity contribution is -0.141. The molecule has 2 fully saturated rings. The Balaban J connectivity index is 1.43. The van der Waals surface area contributed by atoms with Crippen molar-refractivity contribution in [2.45, 2.75) is 44.6 Å². The van der Waals surface area contributed by atoms with Crippen LogP contribution in [-0.4, -0.2) is 51.2 Å². The van der Waals surface area contributed by atoms with Gasteiger partial charge >= 0.3 is 5.97 Å². The smallest absolute Gasteiger partial charge is 0.305 e. The van der Waals surface area contributed by atoms with Crippen LogP contribution >= 0.6 is 0 Å². The van der Waals surface area contributed by atoms with Crippen LogP contribution in [0, 0.1) is 5.92 Å². The summed E-state index contributed by atoms with van der Waals surface area (Å²) in [6.07, 6.45) is 5.47. The van der Waals surface area contributed by atoms with Gasteiger partial charge in [0, 0.05) is 49.9 Å². The van der Waals surface area contributed by atoms with E-state index in [1.54, 1.807) is 0 Å². The van der Waals surface area contributed by atoms with Crippen molar-refractivity contribution >= 4 is 17.6 Å². The van der Waals surface area contributed by atoms with Crippen molar-refractivity contribution < 1.29 is 14.3 Å². The van der Waals surface area contributed by atoms with E-state index in [9.17, 15) is 9.59 Å². The van der Waals surface area contributed by atoms with Gasteiger partial charge in [-0.3, -0.25) is 9.59 Å². The molecule has 0 spiro atoms. The maximum atomic E-state index is 12.5. The Labute approximate surface area is 161 Å². The molecule has 1 amide bonds. The monoisotopic (exact) mass is 373 g/mol. The van der Waals surface area contributed by atoms with E-state index in [-0.39, 0.29) is 17.9 Å². The van der Waals surface area contributed by atoms with Gasteiger partial charge in [-0.25, -0.2) is 0 Å². The fourth-order valence-electron chi connectivity index (χ4n) is 4.03. The minimum absolute atomic E-state index is 0.0138. The summed E-state index contributed by atoms with van der Waals surface area (Å²) in [7, 11) is 1.44. The molecule has 1 aromatic rings. The predicted octanol–water partition coefficient (Wildman–Crippen LogP) is 2.34. The third kappa shape index (κ3) is 5.70. The topological polar surface area (TPSA) is 70.7 Å². The fraction of sp³-hybridized carbons (Fsp3) is 0.619. The number of ether oxygens (including phenoxy) is 1. The molecule has 0 unspecified atom stereocenters. The summed E-state index contributed by atoms with van der Waals surface area (Å²) in [4.78, 5) is 26.1. The van der Waals surface area contributed by atoms with Gasteiger partial charge in [-0.2, -0.15) is 0 Å². The van der Waals surface area contributed by atoms with Gasteiger partial charge in [-0.1, -0.05) is 0 Å². The molecular weight excluding hydrogens is 342 g/mol. The number of carbonyl (C=O) groups excluding carboxylic acids is 2. The summed E-state index contributed by atoms with van der Waals surface area (Å²) in [5.74, 6) is 0.449. The molecule has 1 aliphatic carbocycles. The maximum absolute atomic E-state index is 12.5. The van der Waals surface area contributed by atoms with Crippen molar-refractivity contribution in [3.8, 4) is 0 Å². The molecule has 1 aliphatic heterocycles. The fourth-order valence-corrected chi connectivity index (χ4v) is 4.03. The minimum atomic E-state index is -0.130.